The number of aliphatic hydroxyl groups excluding tert-OH is 1. The van der Waals surface area contributed by atoms with Crippen LogP contribution in [0.15, 0.2) is 24.3 Å². The Morgan fingerprint density at radius 2 is 1.81 bits per heavy atom. The number of hydrogen-bond donors (Lipinski definition) is 1. The Hall–Kier alpha value is -1.22. The van der Waals surface area contributed by atoms with E-state index < -0.39 is 0 Å². The van der Waals surface area contributed by atoms with Crippen LogP contribution in [0.25, 0.3) is 0 Å². The van der Waals surface area contributed by atoms with E-state index in [1.165, 1.54) is 0 Å². The van der Waals surface area contributed by atoms with Crippen molar-refractivity contribution in [1.29, 1.82) is 0 Å². The molecule has 0 spiro atoms. The number of hydrogen-bond acceptors (Lipinski definition) is 3. The Labute approximate surface area is 128 Å². The van der Waals surface area contributed by atoms with Gasteiger partial charge in [-0.05, 0) is 67.7 Å². The fourth-order valence-corrected chi connectivity index (χ4v) is 3.20. The van der Waals surface area contributed by atoms with Gasteiger partial charge in [0.05, 0.1) is 19.8 Å². The maximum absolute atomic E-state index is 10.2. The molecule has 1 fully saturated rings. The van der Waals surface area contributed by atoms with E-state index in [9.17, 15) is 5.11 Å². The zero-order valence-corrected chi connectivity index (χ0v) is 13.4. The molecule has 3 nitrogen and oxygen atoms in total. The van der Waals surface area contributed by atoms with Crippen molar-refractivity contribution in [2.75, 3.05) is 13.7 Å². The van der Waals surface area contributed by atoms with Gasteiger partial charge in [0.2, 0.25) is 0 Å². The van der Waals surface area contributed by atoms with Crippen molar-refractivity contribution in [2.24, 2.45) is 17.8 Å². The minimum atomic E-state index is -0.153. The van der Waals surface area contributed by atoms with Crippen molar-refractivity contribution in [1.82, 2.24) is 0 Å². The Kier molecular flexibility index (Phi) is 5.92. The number of aliphatic hydroxyl groups is 1. The average Bonchev–Trinajstić information content (AvgIpc) is 2.49. The summed E-state index contributed by atoms with van der Waals surface area (Å²) in [6.07, 6.45) is 4.01. The van der Waals surface area contributed by atoms with Crippen LogP contribution in [0, 0.1) is 17.8 Å². The normalized spacial score (nSPS) is 25.9. The molecule has 118 valence electrons. The first kappa shape index (κ1) is 16.2. The highest BCUT2D eigenvalue weighted by Crippen LogP contribution is 2.35. The monoisotopic (exact) mass is 292 g/mol. The summed E-state index contributed by atoms with van der Waals surface area (Å²) >= 11 is 0. The number of benzene rings is 1. The molecule has 1 N–H and O–H groups in total. The molecule has 0 amide bonds. The van der Waals surface area contributed by atoms with Gasteiger partial charge >= 0.3 is 0 Å². The van der Waals surface area contributed by atoms with E-state index in [1.807, 2.05) is 24.3 Å². The SMILES string of the molecule is COc1ccc(OCCC2CC(C(C)C)CCC2O)cc1. The molecule has 0 heterocycles. The standard InChI is InChI=1S/C18H28O3/c1-13(2)14-4-9-18(19)15(12-14)10-11-21-17-7-5-16(20-3)6-8-17/h5-8,13-15,18-19H,4,9-12H2,1-3H3. The Bertz CT molecular complexity index is 413. The average molecular weight is 292 g/mol. The molecule has 0 bridgehead atoms. The first-order chi connectivity index (χ1) is 10.1. The third kappa shape index (κ3) is 4.63. The van der Waals surface area contributed by atoms with E-state index in [4.69, 9.17) is 9.47 Å². The van der Waals surface area contributed by atoms with Crippen LogP contribution in [-0.4, -0.2) is 24.9 Å². The van der Waals surface area contributed by atoms with E-state index in [2.05, 4.69) is 13.8 Å². The Morgan fingerprint density at radius 1 is 1.14 bits per heavy atom. The van der Waals surface area contributed by atoms with Crippen molar-refractivity contribution in [3.05, 3.63) is 24.3 Å². The molecule has 3 heteroatoms. The molecule has 3 atom stereocenters. The van der Waals surface area contributed by atoms with Gasteiger partial charge in [0, 0.05) is 0 Å². The molecule has 2 rings (SSSR count). The van der Waals surface area contributed by atoms with Gasteiger partial charge < -0.3 is 14.6 Å². The third-order valence-corrected chi connectivity index (χ3v) is 4.74. The summed E-state index contributed by atoms with van der Waals surface area (Å²) in [5.74, 6) is 3.54. The largest absolute Gasteiger partial charge is 0.497 e. The van der Waals surface area contributed by atoms with Gasteiger partial charge in [-0.25, -0.2) is 0 Å². The fraction of sp³-hybridized carbons (Fsp3) is 0.667. The van der Waals surface area contributed by atoms with Crippen LogP contribution >= 0.6 is 0 Å². The predicted molar refractivity (Wildman–Crippen MR) is 84.8 cm³/mol. The minimum absolute atomic E-state index is 0.153. The van der Waals surface area contributed by atoms with Gasteiger partial charge in [0.1, 0.15) is 11.5 Å². The highest BCUT2D eigenvalue weighted by molar-refractivity contribution is 5.31. The predicted octanol–water partition coefficient (Wildman–Crippen LogP) is 3.90. The zero-order chi connectivity index (χ0) is 15.2. The van der Waals surface area contributed by atoms with Gasteiger partial charge in [0.15, 0.2) is 0 Å². The third-order valence-electron chi connectivity index (χ3n) is 4.74. The number of methoxy groups -OCH3 is 1. The second-order valence-corrected chi connectivity index (χ2v) is 6.46. The highest BCUT2D eigenvalue weighted by Gasteiger charge is 2.30. The maximum Gasteiger partial charge on any atom is 0.119 e. The molecule has 0 saturated heterocycles. The van der Waals surface area contributed by atoms with Crippen molar-refractivity contribution < 1.29 is 14.6 Å². The van der Waals surface area contributed by atoms with Crippen LogP contribution in [0.5, 0.6) is 11.5 Å². The Balaban J connectivity index is 1.78. The van der Waals surface area contributed by atoms with Crippen molar-refractivity contribution >= 4 is 0 Å². The van der Waals surface area contributed by atoms with Gasteiger partial charge in [-0.3, -0.25) is 0 Å². The molecule has 1 aromatic carbocycles. The van der Waals surface area contributed by atoms with Crippen molar-refractivity contribution in [2.45, 2.75) is 45.6 Å². The molecule has 1 saturated carbocycles. The van der Waals surface area contributed by atoms with Crippen LogP contribution in [0.3, 0.4) is 0 Å². The fourth-order valence-electron chi connectivity index (χ4n) is 3.20. The summed E-state index contributed by atoms with van der Waals surface area (Å²) in [5, 5.41) is 10.2. The lowest BCUT2D eigenvalue weighted by Crippen LogP contribution is -2.32. The van der Waals surface area contributed by atoms with Crippen molar-refractivity contribution in [3.8, 4) is 11.5 Å². The van der Waals surface area contributed by atoms with Crippen LogP contribution in [0.4, 0.5) is 0 Å². The molecular formula is C18H28O3. The van der Waals surface area contributed by atoms with Crippen LogP contribution in [0.1, 0.15) is 39.5 Å². The first-order valence-corrected chi connectivity index (χ1v) is 8.05. The lowest BCUT2D eigenvalue weighted by Gasteiger charge is -2.35. The maximum atomic E-state index is 10.2. The van der Waals surface area contributed by atoms with E-state index in [0.29, 0.717) is 18.4 Å². The van der Waals surface area contributed by atoms with Gasteiger partial charge in [0.25, 0.3) is 0 Å². The smallest absolute Gasteiger partial charge is 0.119 e. The lowest BCUT2D eigenvalue weighted by molar-refractivity contribution is 0.0272. The quantitative estimate of drug-likeness (QED) is 0.864. The minimum Gasteiger partial charge on any atom is -0.497 e. The van der Waals surface area contributed by atoms with E-state index in [1.54, 1.807) is 7.11 Å². The molecular weight excluding hydrogens is 264 g/mol. The molecule has 21 heavy (non-hydrogen) atoms. The Morgan fingerprint density at radius 3 is 2.43 bits per heavy atom. The van der Waals surface area contributed by atoms with Gasteiger partial charge in [-0.2, -0.15) is 0 Å². The topological polar surface area (TPSA) is 38.7 Å². The van der Waals surface area contributed by atoms with Gasteiger partial charge in [-0.15, -0.1) is 0 Å². The summed E-state index contributed by atoms with van der Waals surface area (Å²) in [6, 6.07) is 7.65. The number of rotatable bonds is 6. The molecule has 1 aliphatic carbocycles. The first-order valence-electron chi connectivity index (χ1n) is 8.05. The van der Waals surface area contributed by atoms with E-state index in [-0.39, 0.29) is 6.10 Å². The zero-order valence-electron chi connectivity index (χ0n) is 13.4. The molecule has 0 aromatic heterocycles. The second kappa shape index (κ2) is 7.69. The van der Waals surface area contributed by atoms with Gasteiger partial charge in [-0.1, -0.05) is 13.8 Å². The molecule has 0 radical (unpaired) electrons. The highest BCUT2D eigenvalue weighted by atomic mass is 16.5. The summed E-state index contributed by atoms with van der Waals surface area (Å²) in [7, 11) is 1.66. The summed E-state index contributed by atoms with van der Waals surface area (Å²) in [6.45, 7) is 5.24. The van der Waals surface area contributed by atoms with Crippen LogP contribution in [0.2, 0.25) is 0 Å². The number of ether oxygens (including phenoxy) is 2. The van der Waals surface area contributed by atoms with Crippen LogP contribution in [-0.2, 0) is 0 Å². The molecule has 3 unspecified atom stereocenters. The summed E-state index contributed by atoms with van der Waals surface area (Å²) < 4.78 is 10.9. The molecule has 1 aliphatic rings. The molecule has 1 aromatic rings. The van der Waals surface area contributed by atoms with Crippen LogP contribution < -0.4 is 9.47 Å². The van der Waals surface area contributed by atoms with E-state index >= 15 is 0 Å². The lowest BCUT2D eigenvalue weighted by atomic mass is 9.74. The second-order valence-electron chi connectivity index (χ2n) is 6.46. The molecule has 0 aliphatic heterocycles. The summed E-state index contributed by atoms with van der Waals surface area (Å²) in [4.78, 5) is 0. The van der Waals surface area contributed by atoms with E-state index in [0.717, 1.165) is 43.1 Å². The van der Waals surface area contributed by atoms with Crippen molar-refractivity contribution in [3.63, 3.8) is 0 Å². The summed E-state index contributed by atoms with van der Waals surface area (Å²) in [5.41, 5.74) is 0.